The van der Waals surface area contributed by atoms with Crippen molar-refractivity contribution in [3.8, 4) is 5.75 Å². The number of imide groups is 1. The van der Waals surface area contributed by atoms with Gasteiger partial charge in [0.25, 0.3) is 0 Å². The molecule has 4 aliphatic rings. The van der Waals surface area contributed by atoms with E-state index in [4.69, 9.17) is 4.74 Å². The molecule has 1 N–H and O–H groups in total. The number of rotatable bonds is 2. The van der Waals surface area contributed by atoms with Gasteiger partial charge in [0.15, 0.2) is 0 Å². The number of ether oxygens (including phenoxy) is 1. The van der Waals surface area contributed by atoms with Gasteiger partial charge >= 0.3 is 0 Å². The van der Waals surface area contributed by atoms with Crippen molar-refractivity contribution in [2.24, 2.45) is 11.8 Å². The molecular weight excluding hydrogens is 462 g/mol. The molecule has 4 atom stereocenters. The maximum absolute atomic E-state index is 13.9. The van der Waals surface area contributed by atoms with E-state index in [1.54, 1.807) is 24.3 Å². The summed E-state index contributed by atoms with van der Waals surface area (Å²) in [4.78, 5) is 44.6. The topological polar surface area (TPSA) is 78.9 Å². The smallest absolute Gasteiger partial charge is 0.250 e. The Morgan fingerprint density at radius 1 is 1.13 bits per heavy atom. The van der Waals surface area contributed by atoms with Crippen LogP contribution in [0.25, 0.3) is 0 Å². The molecule has 8 heteroatoms. The number of hydrogen-bond acceptors (Lipinski definition) is 5. The third-order valence-corrected chi connectivity index (χ3v) is 7.77. The van der Waals surface area contributed by atoms with E-state index in [0.717, 1.165) is 22.9 Å². The van der Waals surface area contributed by atoms with E-state index in [9.17, 15) is 14.4 Å². The Balaban J connectivity index is 1.57. The molecule has 3 amide bonds. The van der Waals surface area contributed by atoms with Crippen molar-refractivity contribution < 1.29 is 19.1 Å². The highest BCUT2D eigenvalue weighted by molar-refractivity contribution is 9.10. The van der Waals surface area contributed by atoms with Crippen LogP contribution in [0.5, 0.6) is 5.75 Å². The van der Waals surface area contributed by atoms with Crippen LogP contribution in [0.15, 0.2) is 46.9 Å². The molecule has 0 aliphatic carbocycles. The van der Waals surface area contributed by atoms with Crippen LogP contribution >= 0.6 is 15.9 Å². The number of carbonyl (C=O) groups is 3. The first-order valence-corrected chi connectivity index (χ1v) is 11.2. The monoisotopic (exact) mass is 481 g/mol. The Morgan fingerprint density at radius 2 is 1.94 bits per heavy atom. The summed E-state index contributed by atoms with van der Waals surface area (Å²) in [6.45, 7) is 0.687. The molecule has 3 fully saturated rings. The Morgan fingerprint density at radius 3 is 2.74 bits per heavy atom. The number of halogens is 1. The number of anilines is 2. The minimum absolute atomic E-state index is 0.142. The summed E-state index contributed by atoms with van der Waals surface area (Å²) in [7, 11) is 1.52. The minimum atomic E-state index is -1.17. The maximum atomic E-state index is 13.9. The zero-order valence-corrected chi connectivity index (χ0v) is 18.4. The van der Waals surface area contributed by atoms with Crippen molar-refractivity contribution in [3.05, 3.63) is 52.5 Å². The molecule has 7 nitrogen and oxygen atoms in total. The van der Waals surface area contributed by atoms with Gasteiger partial charge in [-0.15, -0.1) is 0 Å². The first-order chi connectivity index (χ1) is 15.0. The first-order valence-electron chi connectivity index (χ1n) is 10.4. The average Bonchev–Trinajstić information content (AvgIpc) is 3.47. The van der Waals surface area contributed by atoms with Gasteiger partial charge in [0.05, 0.1) is 24.6 Å². The molecule has 4 heterocycles. The summed E-state index contributed by atoms with van der Waals surface area (Å²) in [5, 5.41) is 2.99. The number of hydrogen-bond donors (Lipinski definition) is 1. The minimum Gasteiger partial charge on any atom is -0.495 e. The van der Waals surface area contributed by atoms with Crippen LogP contribution in [0.2, 0.25) is 0 Å². The van der Waals surface area contributed by atoms with Gasteiger partial charge < -0.3 is 10.1 Å². The van der Waals surface area contributed by atoms with Crippen LogP contribution in [-0.4, -0.2) is 42.3 Å². The van der Waals surface area contributed by atoms with Gasteiger partial charge in [-0.2, -0.15) is 0 Å². The number of amides is 3. The highest BCUT2D eigenvalue weighted by atomic mass is 79.9. The number of carbonyl (C=O) groups excluding carboxylic acids is 3. The standard InChI is InChI=1S/C23H20BrN3O4/c1-31-17-7-3-2-5-15(17)27-20(28)18-16-6-4-10-26(16)23(19(18)21(27)29)13-11-12(24)8-9-14(13)25-22(23)30/h2-3,5,7-9,11,16,18-19H,4,6,10H2,1H3,(H,25,30)/t16-,18+,19-,23+/m0/s1. The number of methoxy groups -OCH3 is 1. The number of para-hydroxylation sites is 2. The summed E-state index contributed by atoms with van der Waals surface area (Å²) in [5.74, 6) is -1.67. The number of nitrogens with zero attached hydrogens (tertiary/aromatic N) is 2. The van der Waals surface area contributed by atoms with E-state index in [2.05, 4.69) is 26.1 Å². The fourth-order valence-corrected chi connectivity index (χ4v) is 6.59. The Bertz CT molecular complexity index is 1170. The molecule has 31 heavy (non-hydrogen) atoms. The van der Waals surface area contributed by atoms with Crippen LogP contribution < -0.4 is 15.0 Å². The normalized spacial score (nSPS) is 31.2. The lowest BCUT2D eigenvalue weighted by Crippen LogP contribution is -2.54. The summed E-state index contributed by atoms with van der Waals surface area (Å²) in [6.07, 6.45) is 1.68. The predicted octanol–water partition coefficient (Wildman–Crippen LogP) is 2.89. The number of benzene rings is 2. The molecule has 4 aliphatic heterocycles. The van der Waals surface area contributed by atoms with Crippen LogP contribution in [0.3, 0.4) is 0 Å². The molecule has 2 aromatic rings. The summed E-state index contributed by atoms with van der Waals surface area (Å²) in [5.41, 5.74) is 0.737. The first kappa shape index (κ1) is 19.0. The number of nitrogens with one attached hydrogen (secondary N) is 1. The second-order valence-electron chi connectivity index (χ2n) is 8.50. The van der Waals surface area contributed by atoms with Gasteiger partial charge in [-0.05, 0) is 49.7 Å². The van der Waals surface area contributed by atoms with E-state index in [0.29, 0.717) is 23.7 Å². The quantitative estimate of drug-likeness (QED) is 0.667. The van der Waals surface area contributed by atoms with E-state index in [1.165, 1.54) is 12.0 Å². The molecule has 3 saturated heterocycles. The molecule has 0 unspecified atom stereocenters. The zero-order chi connectivity index (χ0) is 21.5. The Kier molecular flexibility index (Phi) is 3.92. The van der Waals surface area contributed by atoms with Gasteiger partial charge in [0.2, 0.25) is 17.7 Å². The van der Waals surface area contributed by atoms with Crippen LogP contribution in [-0.2, 0) is 19.9 Å². The third-order valence-electron chi connectivity index (χ3n) is 7.28. The van der Waals surface area contributed by atoms with Gasteiger partial charge in [0, 0.05) is 21.8 Å². The van der Waals surface area contributed by atoms with Crippen molar-refractivity contribution in [2.45, 2.75) is 24.4 Å². The molecule has 158 valence electrons. The van der Waals surface area contributed by atoms with Crippen LogP contribution in [0.1, 0.15) is 18.4 Å². The predicted molar refractivity (Wildman–Crippen MR) is 117 cm³/mol. The second kappa shape index (κ2) is 6.40. The molecule has 1 spiro atoms. The molecule has 2 aromatic carbocycles. The van der Waals surface area contributed by atoms with Crippen molar-refractivity contribution in [1.82, 2.24) is 4.90 Å². The lowest BCUT2D eigenvalue weighted by atomic mass is 9.75. The van der Waals surface area contributed by atoms with Gasteiger partial charge in [0.1, 0.15) is 11.3 Å². The van der Waals surface area contributed by atoms with Crippen LogP contribution in [0.4, 0.5) is 11.4 Å². The van der Waals surface area contributed by atoms with E-state index >= 15 is 0 Å². The van der Waals surface area contributed by atoms with E-state index in [-0.39, 0.29) is 23.8 Å². The van der Waals surface area contributed by atoms with Gasteiger partial charge in [-0.25, -0.2) is 4.90 Å². The summed E-state index contributed by atoms with van der Waals surface area (Å²) < 4.78 is 6.26. The number of fused-ring (bicyclic) bond motifs is 7. The fraction of sp³-hybridized carbons (Fsp3) is 0.348. The van der Waals surface area contributed by atoms with Crippen molar-refractivity contribution in [2.75, 3.05) is 23.9 Å². The molecule has 0 radical (unpaired) electrons. The fourth-order valence-electron chi connectivity index (χ4n) is 6.23. The second-order valence-corrected chi connectivity index (χ2v) is 9.42. The summed E-state index contributed by atoms with van der Waals surface area (Å²) >= 11 is 3.52. The zero-order valence-electron chi connectivity index (χ0n) is 16.8. The lowest BCUT2D eigenvalue weighted by molar-refractivity contribution is -0.135. The highest BCUT2D eigenvalue weighted by Gasteiger charge is 2.74. The Hall–Kier alpha value is -2.71. The SMILES string of the molecule is COc1ccccc1N1C(=O)[C@H]2[C@@H](C1=O)[C@]1(C(=O)Nc3ccc(Br)cc31)N1CCC[C@@H]21. The largest absolute Gasteiger partial charge is 0.495 e. The molecule has 0 aromatic heterocycles. The van der Waals surface area contributed by atoms with E-state index < -0.39 is 17.4 Å². The van der Waals surface area contributed by atoms with Crippen molar-refractivity contribution in [3.63, 3.8) is 0 Å². The molecule has 6 rings (SSSR count). The van der Waals surface area contributed by atoms with Gasteiger partial charge in [-0.3, -0.25) is 19.3 Å². The molecular formula is C23H20BrN3O4. The Labute approximate surface area is 187 Å². The van der Waals surface area contributed by atoms with Crippen molar-refractivity contribution in [1.29, 1.82) is 0 Å². The van der Waals surface area contributed by atoms with Crippen LogP contribution in [0, 0.1) is 11.8 Å². The molecule has 0 saturated carbocycles. The van der Waals surface area contributed by atoms with Gasteiger partial charge in [-0.1, -0.05) is 28.1 Å². The van der Waals surface area contributed by atoms with E-state index in [1.807, 2.05) is 18.2 Å². The highest BCUT2D eigenvalue weighted by Crippen LogP contribution is 2.61. The third kappa shape index (κ3) is 2.19. The van der Waals surface area contributed by atoms with Crippen molar-refractivity contribution >= 4 is 45.0 Å². The molecule has 0 bridgehead atoms. The lowest BCUT2D eigenvalue weighted by Gasteiger charge is -2.36. The average molecular weight is 482 g/mol. The maximum Gasteiger partial charge on any atom is 0.250 e. The summed E-state index contributed by atoms with van der Waals surface area (Å²) in [6, 6.07) is 12.5.